The van der Waals surface area contributed by atoms with Crippen molar-refractivity contribution in [3.8, 4) is 0 Å². The molecule has 0 N–H and O–H groups in total. The van der Waals surface area contributed by atoms with E-state index in [9.17, 15) is 17.6 Å². The van der Waals surface area contributed by atoms with Crippen molar-refractivity contribution >= 4 is 33.3 Å². The molecule has 4 rings (SSSR count). The zero-order valence-corrected chi connectivity index (χ0v) is 16.6. The summed E-state index contributed by atoms with van der Waals surface area (Å²) in [4.78, 5) is 18.5. The predicted molar refractivity (Wildman–Crippen MR) is 106 cm³/mol. The van der Waals surface area contributed by atoms with Crippen molar-refractivity contribution in [2.24, 2.45) is 0 Å². The largest absolute Gasteiger partial charge is 0.339 e. The van der Waals surface area contributed by atoms with E-state index in [4.69, 9.17) is 11.6 Å². The van der Waals surface area contributed by atoms with Crippen LogP contribution in [0.3, 0.4) is 0 Å². The van der Waals surface area contributed by atoms with E-state index in [1.807, 2.05) is 0 Å². The first-order valence-electron chi connectivity index (χ1n) is 8.65. The highest BCUT2D eigenvalue weighted by molar-refractivity contribution is 7.90. The van der Waals surface area contributed by atoms with Gasteiger partial charge in [-0.05, 0) is 36.4 Å². The lowest BCUT2D eigenvalue weighted by molar-refractivity contribution is 0.225. The second-order valence-electron chi connectivity index (χ2n) is 6.37. The van der Waals surface area contributed by atoms with Gasteiger partial charge in [0.2, 0.25) is 0 Å². The molecular weight excluding hydrogens is 417 g/mol. The molecule has 2 amide bonds. The Kier molecular flexibility index (Phi) is 4.97. The van der Waals surface area contributed by atoms with Crippen molar-refractivity contribution in [3.63, 3.8) is 0 Å². The molecule has 2 heterocycles. The number of fused-ring (bicyclic) bond motifs is 1. The van der Waals surface area contributed by atoms with Crippen molar-refractivity contribution in [3.05, 3.63) is 89.0 Å². The first-order chi connectivity index (χ1) is 13.9. The molecule has 0 aliphatic carbocycles. The Morgan fingerprint density at radius 2 is 1.72 bits per heavy atom. The first kappa shape index (κ1) is 19.4. The number of rotatable bonds is 4. The van der Waals surface area contributed by atoms with E-state index >= 15 is 0 Å². The monoisotopic (exact) mass is 431 g/mol. The van der Waals surface area contributed by atoms with Crippen LogP contribution in [0.15, 0.2) is 71.8 Å². The quantitative estimate of drug-likeness (QED) is 0.620. The van der Waals surface area contributed by atoms with E-state index in [2.05, 4.69) is 4.98 Å². The summed E-state index contributed by atoms with van der Waals surface area (Å²) < 4.78 is 41.3. The van der Waals surface area contributed by atoms with Gasteiger partial charge in [-0.25, -0.2) is 21.9 Å². The topological polar surface area (TPSA) is 70.6 Å². The zero-order valence-electron chi connectivity index (χ0n) is 15.0. The average molecular weight is 432 g/mol. The van der Waals surface area contributed by atoms with Gasteiger partial charge in [0.15, 0.2) is 0 Å². The lowest BCUT2D eigenvalue weighted by Crippen LogP contribution is -2.50. The van der Waals surface area contributed by atoms with Crippen LogP contribution in [0.1, 0.15) is 11.3 Å². The third-order valence-electron chi connectivity index (χ3n) is 4.58. The molecule has 0 saturated heterocycles. The standard InChI is InChI=1S/C20H15ClFN3O3S/c21-16-7-5-8-17(22)15(16)13-24-18-9-1-2-10-19(18)29(27,28)25(20(24)26)12-14-6-3-4-11-23-14/h1-11H,12-13H2. The predicted octanol–water partition coefficient (Wildman–Crippen LogP) is 4.21. The van der Waals surface area contributed by atoms with Gasteiger partial charge < -0.3 is 0 Å². The summed E-state index contributed by atoms with van der Waals surface area (Å²) in [5.74, 6) is -0.576. The molecule has 0 unspecified atom stereocenters. The van der Waals surface area contributed by atoms with Crippen LogP contribution in [-0.2, 0) is 23.1 Å². The van der Waals surface area contributed by atoms with Crippen molar-refractivity contribution in [2.45, 2.75) is 18.0 Å². The number of pyridine rings is 1. The molecule has 0 spiro atoms. The van der Waals surface area contributed by atoms with Gasteiger partial charge >= 0.3 is 6.03 Å². The van der Waals surface area contributed by atoms with Crippen LogP contribution in [0.2, 0.25) is 5.02 Å². The third-order valence-corrected chi connectivity index (χ3v) is 6.70. The minimum atomic E-state index is -4.10. The first-order valence-corrected chi connectivity index (χ1v) is 10.5. The SMILES string of the molecule is O=C1N(Cc2c(F)cccc2Cl)c2ccccc2S(=O)(=O)N1Cc1ccccn1. The minimum Gasteiger partial charge on any atom is -0.287 e. The molecule has 1 aliphatic rings. The smallest absolute Gasteiger partial charge is 0.287 e. The lowest BCUT2D eigenvalue weighted by Gasteiger charge is -2.36. The van der Waals surface area contributed by atoms with Gasteiger partial charge in [-0.15, -0.1) is 0 Å². The second kappa shape index (κ2) is 7.46. The van der Waals surface area contributed by atoms with Crippen molar-refractivity contribution < 1.29 is 17.6 Å². The van der Waals surface area contributed by atoms with Crippen LogP contribution in [0, 0.1) is 5.82 Å². The third kappa shape index (κ3) is 3.45. The van der Waals surface area contributed by atoms with Gasteiger partial charge in [0, 0.05) is 16.8 Å². The van der Waals surface area contributed by atoms with Crippen LogP contribution >= 0.6 is 11.6 Å². The average Bonchev–Trinajstić information content (AvgIpc) is 2.71. The molecule has 0 fully saturated rings. The van der Waals surface area contributed by atoms with Gasteiger partial charge in [0.1, 0.15) is 10.7 Å². The Balaban J connectivity index is 1.82. The molecular formula is C20H15ClFN3O3S. The number of halogens is 2. The van der Waals surface area contributed by atoms with Gasteiger partial charge in [-0.1, -0.05) is 35.9 Å². The van der Waals surface area contributed by atoms with Gasteiger partial charge in [0.05, 0.1) is 24.5 Å². The van der Waals surface area contributed by atoms with E-state index in [1.54, 1.807) is 30.3 Å². The molecule has 3 aromatic rings. The Hall–Kier alpha value is -2.97. The summed E-state index contributed by atoms with van der Waals surface area (Å²) in [7, 11) is -4.10. The summed E-state index contributed by atoms with van der Waals surface area (Å²) in [5.41, 5.74) is 0.691. The minimum absolute atomic E-state index is 0.0389. The number of carbonyl (C=O) groups excluding carboxylic acids is 1. The van der Waals surface area contributed by atoms with Crippen LogP contribution in [0.5, 0.6) is 0 Å². The van der Waals surface area contributed by atoms with Gasteiger partial charge in [-0.2, -0.15) is 0 Å². The molecule has 0 radical (unpaired) electrons. The van der Waals surface area contributed by atoms with Crippen molar-refractivity contribution in [1.29, 1.82) is 0 Å². The van der Waals surface area contributed by atoms with Crippen LogP contribution < -0.4 is 4.90 Å². The highest BCUT2D eigenvalue weighted by Gasteiger charge is 2.41. The lowest BCUT2D eigenvalue weighted by atomic mass is 10.2. The fraction of sp³-hybridized carbons (Fsp3) is 0.100. The Bertz CT molecular complexity index is 1170. The summed E-state index contributed by atoms with van der Waals surface area (Å²) in [5, 5.41) is 0.153. The maximum Gasteiger partial charge on any atom is 0.339 e. The number of anilines is 1. The number of nitrogens with zero attached hydrogens (tertiary/aromatic N) is 3. The number of para-hydroxylation sites is 1. The van der Waals surface area contributed by atoms with E-state index < -0.39 is 21.9 Å². The maximum absolute atomic E-state index is 14.3. The number of hydrogen-bond donors (Lipinski definition) is 0. The normalized spacial score (nSPS) is 15.3. The van der Waals surface area contributed by atoms with Gasteiger partial charge in [0.25, 0.3) is 10.0 Å². The summed E-state index contributed by atoms with van der Waals surface area (Å²) in [6.45, 7) is -0.451. The summed E-state index contributed by atoms with van der Waals surface area (Å²) in [6, 6.07) is 14.6. The Morgan fingerprint density at radius 1 is 0.966 bits per heavy atom. The Labute approximate surface area is 172 Å². The fourth-order valence-corrected chi connectivity index (χ4v) is 4.90. The van der Waals surface area contributed by atoms with Gasteiger partial charge in [-0.3, -0.25) is 9.88 Å². The summed E-state index contributed by atoms with van der Waals surface area (Å²) >= 11 is 6.13. The molecule has 29 heavy (non-hydrogen) atoms. The molecule has 148 valence electrons. The molecule has 6 nitrogen and oxygen atoms in total. The molecule has 0 saturated carbocycles. The van der Waals surface area contributed by atoms with Crippen LogP contribution in [-0.4, -0.2) is 23.7 Å². The molecule has 9 heteroatoms. The number of aromatic nitrogens is 1. The van der Waals surface area contributed by atoms with E-state index in [1.165, 1.54) is 41.4 Å². The number of urea groups is 1. The van der Waals surface area contributed by atoms with E-state index in [-0.39, 0.29) is 34.3 Å². The van der Waals surface area contributed by atoms with Crippen molar-refractivity contribution in [1.82, 2.24) is 9.29 Å². The molecule has 0 atom stereocenters. The summed E-state index contributed by atoms with van der Waals surface area (Å²) in [6.07, 6.45) is 1.52. The van der Waals surface area contributed by atoms with Crippen LogP contribution in [0.25, 0.3) is 0 Å². The number of amides is 2. The molecule has 1 aliphatic heterocycles. The fourth-order valence-electron chi connectivity index (χ4n) is 3.14. The number of carbonyl (C=O) groups is 1. The second-order valence-corrected chi connectivity index (χ2v) is 8.61. The molecule has 0 bridgehead atoms. The highest BCUT2D eigenvalue weighted by Crippen LogP contribution is 2.36. The zero-order chi connectivity index (χ0) is 20.6. The maximum atomic E-state index is 14.3. The van der Waals surface area contributed by atoms with Crippen LogP contribution in [0.4, 0.5) is 14.9 Å². The van der Waals surface area contributed by atoms with E-state index in [0.717, 1.165) is 4.31 Å². The van der Waals surface area contributed by atoms with Crippen molar-refractivity contribution in [2.75, 3.05) is 4.90 Å². The molecule has 1 aromatic heterocycles. The number of hydrogen-bond acceptors (Lipinski definition) is 4. The number of sulfonamides is 1. The van der Waals surface area contributed by atoms with E-state index in [0.29, 0.717) is 5.69 Å². The Morgan fingerprint density at radius 3 is 2.45 bits per heavy atom. The number of benzene rings is 2. The highest BCUT2D eigenvalue weighted by atomic mass is 35.5. The molecule has 2 aromatic carbocycles.